The first-order chi connectivity index (χ1) is 15.0. The number of nitrogens with two attached hydrogens (primary N) is 1. The summed E-state index contributed by atoms with van der Waals surface area (Å²) in [7, 11) is 0. The van der Waals surface area contributed by atoms with Crippen LogP contribution in [0.1, 0.15) is 28.0 Å². The number of halogens is 1. The Bertz CT molecular complexity index is 1370. The van der Waals surface area contributed by atoms with Crippen molar-refractivity contribution in [3.05, 3.63) is 75.0 Å². The topological polar surface area (TPSA) is 131 Å². The van der Waals surface area contributed by atoms with Gasteiger partial charge in [-0.3, -0.25) is 14.0 Å². The highest BCUT2D eigenvalue weighted by molar-refractivity contribution is 7.15. The van der Waals surface area contributed by atoms with Crippen LogP contribution >= 0.6 is 11.3 Å². The van der Waals surface area contributed by atoms with E-state index < -0.39 is 11.5 Å². The molecule has 0 aliphatic rings. The fourth-order valence-corrected chi connectivity index (χ4v) is 3.76. The molecular formula is C20H16FN7O2S. The van der Waals surface area contributed by atoms with E-state index in [1.807, 2.05) is 6.07 Å². The molecule has 0 saturated carbocycles. The number of thiazole rings is 1. The van der Waals surface area contributed by atoms with Gasteiger partial charge in [-0.05, 0) is 37.1 Å². The number of aryl methyl sites for hydroxylation is 1. The molecule has 0 atom stereocenters. The second-order valence-corrected chi connectivity index (χ2v) is 7.47. The van der Waals surface area contributed by atoms with Gasteiger partial charge >= 0.3 is 0 Å². The number of nitrogens with one attached hydrogen (secondary N) is 1. The molecule has 1 aromatic carbocycles. The summed E-state index contributed by atoms with van der Waals surface area (Å²) >= 11 is 1.30. The van der Waals surface area contributed by atoms with Crippen molar-refractivity contribution < 1.29 is 9.18 Å². The number of amides is 1. The fourth-order valence-electron chi connectivity index (χ4n) is 3.09. The van der Waals surface area contributed by atoms with Crippen LogP contribution in [0.4, 0.5) is 10.2 Å². The Balaban J connectivity index is 1.42. The van der Waals surface area contributed by atoms with E-state index in [0.717, 1.165) is 0 Å². The number of aromatic nitrogens is 4. The molecule has 0 aliphatic heterocycles. The average Bonchev–Trinajstić information content (AvgIpc) is 3.37. The lowest BCUT2D eigenvalue weighted by atomic mass is 10.1. The maximum atomic E-state index is 13.2. The monoisotopic (exact) mass is 437 g/mol. The first-order valence-corrected chi connectivity index (χ1v) is 10.1. The summed E-state index contributed by atoms with van der Waals surface area (Å²) in [6.45, 7) is 0.263. The van der Waals surface area contributed by atoms with Crippen LogP contribution in [0.5, 0.6) is 0 Å². The van der Waals surface area contributed by atoms with Gasteiger partial charge in [0.25, 0.3) is 11.5 Å². The number of nitrogens with zero attached hydrogens (tertiary/aromatic N) is 5. The predicted molar refractivity (Wildman–Crippen MR) is 113 cm³/mol. The van der Waals surface area contributed by atoms with Crippen molar-refractivity contribution in [1.82, 2.24) is 24.5 Å². The summed E-state index contributed by atoms with van der Waals surface area (Å²) in [4.78, 5) is 29.3. The molecule has 3 aromatic heterocycles. The second kappa shape index (κ2) is 8.37. The summed E-state index contributed by atoms with van der Waals surface area (Å²) in [6, 6.07) is 7.63. The highest BCUT2D eigenvalue weighted by Gasteiger charge is 2.17. The number of nitrogen functional groups attached to an aromatic ring is 1. The number of hydrogen-bond acceptors (Lipinski definition) is 7. The molecular weight excluding hydrogens is 421 g/mol. The van der Waals surface area contributed by atoms with Crippen molar-refractivity contribution in [2.75, 3.05) is 12.3 Å². The van der Waals surface area contributed by atoms with Gasteiger partial charge in [0.05, 0.1) is 11.4 Å². The number of rotatable bonds is 6. The number of carbonyl (C=O) groups excluding carboxylic acids is 1. The standard InChI is InChI=1S/C20H16FN7O2S/c21-12-3-5-13(6-4-12)28-17(23)14(10-22)16(26-28)2-1-7-24-18(29)15-11-25-20-27(19(15)30)8-9-31-20/h3-6,8-9,11H,1-2,7,23H2,(H,24,29). The molecule has 4 aromatic rings. The van der Waals surface area contributed by atoms with Crippen molar-refractivity contribution in [2.45, 2.75) is 12.8 Å². The predicted octanol–water partition coefficient (Wildman–Crippen LogP) is 1.90. The van der Waals surface area contributed by atoms with Crippen molar-refractivity contribution >= 4 is 28.0 Å². The quantitative estimate of drug-likeness (QED) is 0.443. The highest BCUT2D eigenvalue weighted by atomic mass is 32.1. The normalized spacial score (nSPS) is 10.8. The maximum absolute atomic E-state index is 13.2. The van der Waals surface area contributed by atoms with E-state index in [2.05, 4.69) is 15.4 Å². The molecule has 0 aliphatic carbocycles. The van der Waals surface area contributed by atoms with Gasteiger partial charge in [-0.25, -0.2) is 14.1 Å². The van der Waals surface area contributed by atoms with Gasteiger partial charge in [0.1, 0.15) is 28.8 Å². The fraction of sp³-hybridized carbons (Fsp3) is 0.150. The molecule has 1 amide bonds. The third-order valence-corrected chi connectivity index (χ3v) is 5.41. The van der Waals surface area contributed by atoms with Crippen LogP contribution in [-0.4, -0.2) is 31.6 Å². The lowest BCUT2D eigenvalue weighted by Crippen LogP contribution is -2.31. The minimum atomic E-state index is -0.519. The molecule has 3 N–H and O–H groups in total. The van der Waals surface area contributed by atoms with Crippen molar-refractivity contribution in [2.24, 2.45) is 0 Å². The van der Waals surface area contributed by atoms with Crippen LogP contribution in [0.3, 0.4) is 0 Å². The lowest BCUT2D eigenvalue weighted by Gasteiger charge is -2.04. The van der Waals surface area contributed by atoms with Crippen LogP contribution in [0.15, 0.2) is 46.8 Å². The van der Waals surface area contributed by atoms with E-state index in [0.29, 0.717) is 29.2 Å². The van der Waals surface area contributed by atoms with Gasteiger partial charge in [-0.15, -0.1) is 11.3 Å². The number of benzene rings is 1. The molecule has 11 heteroatoms. The van der Waals surface area contributed by atoms with E-state index in [9.17, 15) is 19.2 Å². The molecule has 4 rings (SSSR count). The van der Waals surface area contributed by atoms with Crippen molar-refractivity contribution in [1.29, 1.82) is 5.26 Å². The first kappa shape index (κ1) is 20.2. The Kier molecular flexibility index (Phi) is 5.46. The van der Waals surface area contributed by atoms with Gasteiger partial charge < -0.3 is 11.1 Å². The number of fused-ring (bicyclic) bond motifs is 1. The van der Waals surface area contributed by atoms with E-state index in [1.165, 1.54) is 50.9 Å². The van der Waals surface area contributed by atoms with Crippen LogP contribution < -0.4 is 16.6 Å². The van der Waals surface area contributed by atoms with Crippen LogP contribution in [0.25, 0.3) is 10.6 Å². The largest absolute Gasteiger partial charge is 0.382 e. The van der Waals surface area contributed by atoms with Gasteiger partial charge in [-0.2, -0.15) is 10.4 Å². The molecule has 0 saturated heterocycles. The van der Waals surface area contributed by atoms with Crippen LogP contribution in [-0.2, 0) is 6.42 Å². The summed E-state index contributed by atoms with van der Waals surface area (Å²) < 4.78 is 15.9. The van der Waals surface area contributed by atoms with Crippen LogP contribution in [0, 0.1) is 17.1 Å². The van der Waals surface area contributed by atoms with Gasteiger partial charge in [-0.1, -0.05) is 0 Å². The summed E-state index contributed by atoms with van der Waals surface area (Å²) in [5.74, 6) is -0.745. The molecule has 3 heterocycles. The molecule has 0 unspecified atom stereocenters. The zero-order valence-electron chi connectivity index (χ0n) is 16.1. The van der Waals surface area contributed by atoms with Crippen molar-refractivity contribution in [3.8, 4) is 11.8 Å². The van der Waals surface area contributed by atoms with E-state index >= 15 is 0 Å². The van der Waals surface area contributed by atoms with E-state index in [4.69, 9.17) is 5.73 Å². The second-order valence-electron chi connectivity index (χ2n) is 6.60. The Labute approximate surface area is 179 Å². The Hall–Kier alpha value is -4.04. The molecule has 0 spiro atoms. The summed E-state index contributed by atoms with van der Waals surface area (Å²) in [6.07, 6.45) is 3.68. The summed E-state index contributed by atoms with van der Waals surface area (Å²) in [5, 5.41) is 18.2. The molecule has 156 valence electrons. The minimum Gasteiger partial charge on any atom is -0.382 e. The summed E-state index contributed by atoms with van der Waals surface area (Å²) in [5.41, 5.74) is 6.81. The smallest absolute Gasteiger partial charge is 0.271 e. The first-order valence-electron chi connectivity index (χ1n) is 9.26. The molecule has 9 nitrogen and oxygen atoms in total. The number of hydrogen-bond donors (Lipinski definition) is 2. The zero-order chi connectivity index (χ0) is 22.0. The van der Waals surface area contributed by atoms with Gasteiger partial charge in [0.2, 0.25) is 0 Å². The minimum absolute atomic E-state index is 0.0431. The van der Waals surface area contributed by atoms with Gasteiger partial charge in [0, 0.05) is 24.3 Å². The Morgan fingerprint density at radius 3 is 2.84 bits per heavy atom. The zero-order valence-corrected chi connectivity index (χ0v) is 16.9. The molecule has 0 fully saturated rings. The molecule has 0 radical (unpaired) electrons. The Morgan fingerprint density at radius 2 is 2.10 bits per heavy atom. The van der Waals surface area contributed by atoms with Crippen LogP contribution in [0.2, 0.25) is 0 Å². The average molecular weight is 437 g/mol. The molecule has 0 bridgehead atoms. The Morgan fingerprint density at radius 1 is 1.32 bits per heavy atom. The number of carbonyl (C=O) groups is 1. The van der Waals surface area contributed by atoms with Crippen molar-refractivity contribution in [3.63, 3.8) is 0 Å². The van der Waals surface area contributed by atoms with E-state index in [1.54, 1.807) is 11.6 Å². The molecule has 31 heavy (non-hydrogen) atoms. The van der Waals surface area contributed by atoms with E-state index in [-0.39, 0.29) is 29.3 Å². The number of nitriles is 1. The highest BCUT2D eigenvalue weighted by Crippen LogP contribution is 2.21. The third-order valence-electron chi connectivity index (χ3n) is 4.64. The third kappa shape index (κ3) is 3.88. The lowest BCUT2D eigenvalue weighted by molar-refractivity contribution is 0.0951. The maximum Gasteiger partial charge on any atom is 0.271 e. The van der Waals surface area contributed by atoms with Gasteiger partial charge in [0.15, 0.2) is 4.96 Å². The number of anilines is 1. The SMILES string of the molecule is N#Cc1c(CCCNC(=O)c2cnc3sccn3c2=O)nn(-c2ccc(F)cc2)c1N.